The van der Waals surface area contributed by atoms with E-state index >= 15 is 0 Å². The molecule has 0 bridgehead atoms. The lowest BCUT2D eigenvalue weighted by atomic mass is 9.88. The molecule has 0 radical (unpaired) electrons. The standard InChI is InChI=1S/C12H24O2/c1-12(2,14)9-8-10-6-4-3-5-7-11(10)13/h10-11,13-14H,3-9H2,1-2H3. The molecule has 2 heteroatoms. The number of hydrogen-bond acceptors (Lipinski definition) is 2. The van der Waals surface area contributed by atoms with Gasteiger partial charge >= 0.3 is 0 Å². The van der Waals surface area contributed by atoms with Gasteiger partial charge in [0.2, 0.25) is 0 Å². The summed E-state index contributed by atoms with van der Waals surface area (Å²) in [6, 6.07) is 0. The second kappa shape index (κ2) is 5.13. The van der Waals surface area contributed by atoms with Crippen LogP contribution >= 0.6 is 0 Å². The zero-order valence-electron chi connectivity index (χ0n) is 9.50. The van der Waals surface area contributed by atoms with Crippen LogP contribution in [0, 0.1) is 5.92 Å². The quantitative estimate of drug-likeness (QED) is 0.687. The molecule has 0 aromatic heterocycles. The Morgan fingerprint density at radius 2 is 1.79 bits per heavy atom. The molecule has 0 spiro atoms. The van der Waals surface area contributed by atoms with Crippen molar-refractivity contribution in [3.05, 3.63) is 0 Å². The zero-order chi connectivity index (χ0) is 10.6. The van der Waals surface area contributed by atoms with Gasteiger partial charge in [0.05, 0.1) is 11.7 Å². The van der Waals surface area contributed by atoms with Crippen LogP contribution in [0.5, 0.6) is 0 Å². The predicted octanol–water partition coefficient (Wildman–Crippen LogP) is 2.48. The molecular formula is C12H24O2. The Morgan fingerprint density at radius 1 is 1.14 bits per heavy atom. The maximum Gasteiger partial charge on any atom is 0.0591 e. The summed E-state index contributed by atoms with van der Waals surface area (Å²) in [7, 11) is 0. The molecule has 2 unspecified atom stereocenters. The van der Waals surface area contributed by atoms with Gasteiger partial charge < -0.3 is 10.2 Å². The van der Waals surface area contributed by atoms with Crippen LogP contribution in [0.3, 0.4) is 0 Å². The average molecular weight is 200 g/mol. The summed E-state index contributed by atoms with van der Waals surface area (Å²) in [5, 5.41) is 19.5. The highest BCUT2D eigenvalue weighted by molar-refractivity contribution is 4.76. The molecule has 2 N–H and O–H groups in total. The minimum atomic E-state index is -0.577. The minimum Gasteiger partial charge on any atom is -0.393 e. The molecular weight excluding hydrogens is 176 g/mol. The monoisotopic (exact) mass is 200 g/mol. The first kappa shape index (κ1) is 12.0. The fourth-order valence-electron chi connectivity index (χ4n) is 2.24. The molecule has 0 amide bonds. The highest BCUT2D eigenvalue weighted by Crippen LogP contribution is 2.28. The fourth-order valence-corrected chi connectivity index (χ4v) is 2.24. The molecule has 1 saturated carbocycles. The summed E-state index contributed by atoms with van der Waals surface area (Å²) >= 11 is 0. The third-order valence-electron chi connectivity index (χ3n) is 3.25. The highest BCUT2D eigenvalue weighted by atomic mass is 16.3. The lowest BCUT2D eigenvalue weighted by Gasteiger charge is -2.24. The van der Waals surface area contributed by atoms with E-state index in [0.717, 1.165) is 25.7 Å². The molecule has 2 atom stereocenters. The van der Waals surface area contributed by atoms with E-state index in [1.165, 1.54) is 19.3 Å². The normalized spacial score (nSPS) is 30.0. The van der Waals surface area contributed by atoms with Gasteiger partial charge in [-0.1, -0.05) is 19.3 Å². The first-order valence-electron chi connectivity index (χ1n) is 5.89. The molecule has 1 rings (SSSR count). The Balaban J connectivity index is 2.33. The molecule has 14 heavy (non-hydrogen) atoms. The van der Waals surface area contributed by atoms with Gasteiger partial charge in [0.25, 0.3) is 0 Å². The van der Waals surface area contributed by atoms with E-state index in [9.17, 15) is 10.2 Å². The Kier molecular flexibility index (Phi) is 4.39. The molecule has 2 nitrogen and oxygen atoms in total. The van der Waals surface area contributed by atoms with E-state index in [-0.39, 0.29) is 6.10 Å². The van der Waals surface area contributed by atoms with Crippen molar-refractivity contribution in [1.29, 1.82) is 0 Å². The zero-order valence-corrected chi connectivity index (χ0v) is 9.50. The van der Waals surface area contributed by atoms with Crippen molar-refractivity contribution in [1.82, 2.24) is 0 Å². The van der Waals surface area contributed by atoms with Crippen LogP contribution in [-0.4, -0.2) is 21.9 Å². The van der Waals surface area contributed by atoms with Crippen LogP contribution < -0.4 is 0 Å². The molecule has 0 aromatic carbocycles. The first-order valence-corrected chi connectivity index (χ1v) is 5.89. The summed E-state index contributed by atoms with van der Waals surface area (Å²) in [6.45, 7) is 3.69. The number of aliphatic hydroxyl groups excluding tert-OH is 1. The molecule has 0 saturated heterocycles. The Hall–Kier alpha value is -0.0800. The SMILES string of the molecule is CC(C)(O)CCC1CCCCCC1O. The summed E-state index contributed by atoms with van der Waals surface area (Å²) in [5.41, 5.74) is -0.577. The second-order valence-electron chi connectivity index (χ2n) is 5.32. The lowest BCUT2D eigenvalue weighted by Crippen LogP contribution is -2.24. The third kappa shape index (κ3) is 4.43. The molecule has 1 fully saturated rings. The van der Waals surface area contributed by atoms with E-state index < -0.39 is 5.60 Å². The second-order valence-corrected chi connectivity index (χ2v) is 5.32. The van der Waals surface area contributed by atoms with Crippen molar-refractivity contribution in [2.75, 3.05) is 0 Å². The summed E-state index contributed by atoms with van der Waals surface area (Å²) in [6.07, 6.45) is 7.40. The summed E-state index contributed by atoms with van der Waals surface area (Å²) < 4.78 is 0. The van der Waals surface area contributed by atoms with E-state index in [2.05, 4.69) is 0 Å². The van der Waals surface area contributed by atoms with Crippen molar-refractivity contribution in [3.8, 4) is 0 Å². The topological polar surface area (TPSA) is 40.5 Å². The molecule has 1 aliphatic rings. The van der Waals surface area contributed by atoms with Gasteiger partial charge in [0, 0.05) is 0 Å². The number of rotatable bonds is 3. The third-order valence-corrected chi connectivity index (χ3v) is 3.25. The van der Waals surface area contributed by atoms with Crippen LogP contribution in [-0.2, 0) is 0 Å². The average Bonchev–Trinajstić information content (AvgIpc) is 2.25. The van der Waals surface area contributed by atoms with E-state index in [1.54, 1.807) is 0 Å². The van der Waals surface area contributed by atoms with E-state index in [0.29, 0.717) is 5.92 Å². The van der Waals surface area contributed by atoms with Crippen LogP contribution in [0.15, 0.2) is 0 Å². The van der Waals surface area contributed by atoms with Crippen molar-refractivity contribution in [3.63, 3.8) is 0 Å². The molecule has 0 heterocycles. The molecule has 0 aromatic rings. The Labute approximate surface area is 87.3 Å². The van der Waals surface area contributed by atoms with Crippen molar-refractivity contribution >= 4 is 0 Å². The largest absolute Gasteiger partial charge is 0.393 e. The number of aliphatic hydroxyl groups is 2. The van der Waals surface area contributed by atoms with Crippen molar-refractivity contribution < 1.29 is 10.2 Å². The highest BCUT2D eigenvalue weighted by Gasteiger charge is 2.23. The van der Waals surface area contributed by atoms with Gasteiger partial charge in [-0.2, -0.15) is 0 Å². The van der Waals surface area contributed by atoms with Crippen molar-refractivity contribution in [2.24, 2.45) is 5.92 Å². The van der Waals surface area contributed by atoms with E-state index in [4.69, 9.17) is 0 Å². The van der Waals surface area contributed by atoms with Gasteiger partial charge in [-0.3, -0.25) is 0 Å². The molecule has 0 aliphatic heterocycles. The van der Waals surface area contributed by atoms with Gasteiger partial charge in [0.15, 0.2) is 0 Å². The number of hydrogen-bond donors (Lipinski definition) is 2. The summed E-state index contributed by atoms with van der Waals surface area (Å²) in [4.78, 5) is 0. The predicted molar refractivity (Wildman–Crippen MR) is 58.1 cm³/mol. The van der Waals surface area contributed by atoms with Crippen LogP contribution in [0.4, 0.5) is 0 Å². The van der Waals surface area contributed by atoms with Gasteiger partial charge in [-0.15, -0.1) is 0 Å². The molecule has 84 valence electrons. The van der Waals surface area contributed by atoms with Crippen molar-refractivity contribution in [2.45, 2.75) is 70.5 Å². The van der Waals surface area contributed by atoms with Crippen LogP contribution in [0.2, 0.25) is 0 Å². The first-order chi connectivity index (χ1) is 6.49. The fraction of sp³-hybridized carbons (Fsp3) is 1.00. The maximum atomic E-state index is 9.86. The maximum absolute atomic E-state index is 9.86. The smallest absolute Gasteiger partial charge is 0.0591 e. The Morgan fingerprint density at radius 3 is 2.43 bits per heavy atom. The van der Waals surface area contributed by atoms with Gasteiger partial charge in [-0.05, 0) is 45.4 Å². The van der Waals surface area contributed by atoms with Crippen LogP contribution in [0.1, 0.15) is 58.8 Å². The summed E-state index contributed by atoms with van der Waals surface area (Å²) in [5.74, 6) is 0.420. The van der Waals surface area contributed by atoms with Gasteiger partial charge in [0.1, 0.15) is 0 Å². The Bertz CT molecular complexity index is 160. The lowest BCUT2D eigenvalue weighted by molar-refractivity contribution is 0.0423. The molecule has 1 aliphatic carbocycles. The minimum absolute atomic E-state index is 0.125. The van der Waals surface area contributed by atoms with Gasteiger partial charge in [-0.25, -0.2) is 0 Å². The van der Waals surface area contributed by atoms with E-state index in [1.807, 2.05) is 13.8 Å². The van der Waals surface area contributed by atoms with Crippen LogP contribution in [0.25, 0.3) is 0 Å².